The Labute approximate surface area is 130 Å². The number of nitrogens with two attached hydrogens (primary N) is 1. The molecule has 2 N–H and O–H groups in total. The van der Waals surface area contributed by atoms with Gasteiger partial charge in [0.25, 0.3) is 0 Å². The highest BCUT2D eigenvalue weighted by Gasteiger charge is 2.20. The van der Waals surface area contributed by atoms with Crippen molar-refractivity contribution >= 4 is 21.4 Å². The summed E-state index contributed by atoms with van der Waals surface area (Å²) >= 11 is 1.64. The van der Waals surface area contributed by atoms with Gasteiger partial charge >= 0.3 is 0 Å². The zero-order valence-electron chi connectivity index (χ0n) is 12.2. The fourth-order valence-corrected chi connectivity index (χ4v) is 3.84. The van der Waals surface area contributed by atoms with Crippen LogP contribution < -0.4 is 5.73 Å². The number of hydrogen-bond acceptors (Lipinski definition) is 4. The van der Waals surface area contributed by atoms with E-state index >= 15 is 0 Å². The molecule has 0 saturated carbocycles. The van der Waals surface area contributed by atoms with Gasteiger partial charge in [-0.1, -0.05) is 18.2 Å². The summed E-state index contributed by atoms with van der Waals surface area (Å²) in [5, 5.41) is 2.00. The van der Waals surface area contributed by atoms with Crippen LogP contribution in [0.25, 0.3) is 0 Å². The molecule has 0 spiro atoms. The van der Waals surface area contributed by atoms with Gasteiger partial charge in [0.15, 0.2) is 0 Å². The molecule has 1 unspecified atom stereocenters. The summed E-state index contributed by atoms with van der Waals surface area (Å²) in [6.07, 6.45) is 0.727. The van der Waals surface area contributed by atoms with Crippen molar-refractivity contribution in [1.29, 1.82) is 0 Å². The molecule has 2 aromatic rings. The maximum atomic E-state index is 12.5. The number of hydrogen-bond donors (Lipinski definition) is 1. The molecule has 1 aromatic heterocycles. The Morgan fingerprint density at radius 3 is 2.43 bits per heavy atom. The minimum Gasteiger partial charge on any atom is -0.324 e. The van der Waals surface area contributed by atoms with Crippen LogP contribution in [0.2, 0.25) is 0 Å². The second-order valence-electron chi connectivity index (χ2n) is 5.01. The highest BCUT2D eigenvalue weighted by Crippen LogP contribution is 2.18. The molecule has 2 rings (SSSR count). The van der Waals surface area contributed by atoms with Gasteiger partial charge in [-0.05, 0) is 42.5 Å². The van der Waals surface area contributed by atoms with Gasteiger partial charge in [-0.25, -0.2) is 12.7 Å². The van der Waals surface area contributed by atoms with Crippen LogP contribution in [0.1, 0.15) is 23.4 Å². The van der Waals surface area contributed by atoms with E-state index in [0.29, 0.717) is 11.4 Å². The Morgan fingerprint density at radius 1 is 1.24 bits per heavy atom. The summed E-state index contributed by atoms with van der Waals surface area (Å²) in [5.74, 6) is 0. The maximum Gasteiger partial charge on any atom is 0.242 e. The molecule has 1 atom stereocenters. The molecule has 6 heteroatoms. The second-order valence-corrected chi connectivity index (χ2v) is 8.09. The standard InChI is InChI=1S/C15H20N2O2S2/c1-12(16)13-5-7-15(8-6-13)21(18,19)17(2)10-9-14-4-3-11-20-14/h3-8,11-12H,9-10,16H2,1-2H3. The lowest BCUT2D eigenvalue weighted by Gasteiger charge is -2.17. The van der Waals surface area contributed by atoms with Gasteiger partial charge in [0.05, 0.1) is 4.90 Å². The number of thiophene rings is 1. The first-order valence-electron chi connectivity index (χ1n) is 6.75. The molecule has 4 nitrogen and oxygen atoms in total. The summed E-state index contributed by atoms with van der Waals surface area (Å²) in [6.45, 7) is 2.34. The molecule has 0 radical (unpaired) electrons. The molecule has 0 aliphatic carbocycles. The summed E-state index contributed by atoms with van der Waals surface area (Å²) in [5.41, 5.74) is 6.70. The highest BCUT2D eigenvalue weighted by atomic mass is 32.2. The first-order chi connectivity index (χ1) is 9.91. The van der Waals surface area contributed by atoms with Crippen molar-refractivity contribution in [3.63, 3.8) is 0 Å². The fraction of sp³-hybridized carbons (Fsp3) is 0.333. The van der Waals surface area contributed by atoms with Crippen LogP contribution in [0.15, 0.2) is 46.7 Å². The van der Waals surface area contributed by atoms with Crippen LogP contribution in [0, 0.1) is 0 Å². The molecular weight excluding hydrogens is 304 g/mol. The quantitative estimate of drug-likeness (QED) is 0.888. The predicted octanol–water partition coefficient (Wildman–Crippen LogP) is 2.63. The van der Waals surface area contributed by atoms with Crippen LogP contribution in [0.4, 0.5) is 0 Å². The minimum absolute atomic E-state index is 0.0988. The zero-order valence-corrected chi connectivity index (χ0v) is 13.8. The van der Waals surface area contributed by atoms with E-state index in [0.717, 1.165) is 12.0 Å². The average Bonchev–Trinajstić information content (AvgIpc) is 2.98. The van der Waals surface area contributed by atoms with Gasteiger partial charge in [-0.2, -0.15) is 0 Å². The largest absolute Gasteiger partial charge is 0.324 e. The Morgan fingerprint density at radius 2 is 1.90 bits per heavy atom. The molecule has 0 aliphatic rings. The summed E-state index contributed by atoms with van der Waals surface area (Å²) in [6, 6.07) is 10.7. The van der Waals surface area contributed by atoms with Crippen molar-refractivity contribution in [2.75, 3.05) is 13.6 Å². The molecule has 114 valence electrons. The molecule has 21 heavy (non-hydrogen) atoms. The number of likely N-dealkylation sites (N-methyl/N-ethyl adjacent to an activating group) is 1. The van der Waals surface area contributed by atoms with Crippen molar-refractivity contribution in [1.82, 2.24) is 4.31 Å². The van der Waals surface area contributed by atoms with E-state index in [4.69, 9.17) is 5.73 Å². The normalized spacial score (nSPS) is 13.5. The van der Waals surface area contributed by atoms with E-state index < -0.39 is 10.0 Å². The van der Waals surface area contributed by atoms with Gasteiger partial charge in [-0.3, -0.25) is 0 Å². The number of nitrogens with zero attached hydrogens (tertiary/aromatic N) is 1. The summed E-state index contributed by atoms with van der Waals surface area (Å²) in [4.78, 5) is 1.49. The lowest BCUT2D eigenvalue weighted by molar-refractivity contribution is 0.473. The van der Waals surface area contributed by atoms with Crippen molar-refractivity contribution in [2.24, 2.45) is 5.73 Å². The smallest absolute Gasteiger partial charge is 0.242 e. The van der Waals surface area contributed by atoms with Crippen LogP contribution >= 0.6 is 11.3 Å². The van der Waals surface area contributed by atoms with Crippen LogP contribution in [0.3, 0.4) is 0 Å². The fourth-order valence-electron chi connectivity index (χ4n) is 1.97. The number of benzene rings is 1. The molecule has 0 amide bonds. The van der Waals surface area contributed by atoms with E-state index in [2.05, 4.69) is 0 Å². The monoisotopic (exact) mass is 324 g/mol. The van der Waals surface area contributed by atoms with Gasteiger partial charge in [-0.15, -0.1) is 11.3 Å². The third-order valence-corrected chi connectivity index (χ3v) is 6.17. The third-order valence-electron chi connectivity index (χ3n) is 3.37. The van der Waals surface area contributed by atoms with Gasteiger partial charge in [0.2, 0.25) is 10.0 Å². The van der Waals surface area contributed by atoms with Gasteiger partial charge in [0, 0.05) is 24.5 Å². The van der Waals surface area contributed by atoms with Gasteiger partial charge < -0.3 is 5.73 Å². The van der Waals surface area contributed by atoms with E-state index in [9.17, 15) is 8.42 Å². The molecular formula is C15H20N2O2S2. The topological polar surface area (TPSA) is 63.4 Å². The van der Waals surface area contributed by atoms with Crippen LogP contribution in [-0.2, 0) is 16.4 Å². The zero-order chi connectivity index (χ0) is 15.5. The Kier molecular flexibility index (Phi) is 5.16. The van der Waals surface area contributed by atoms with Crippen LogP contribution in [0.5, 0.6) is 0 Å². The minimum atomic E-state index is -3.44. The van der Waals surface area contributed by atoms with E-state index in [-0.39, 0.29) is 6.04 Å². The lowest BCUT2D eigenvalue weighted by Crippen LogP contribution is -2.28. The molecule has 0 fully saturated rings. The Bertz CT molecular complexity index is 662. The highest BCUT2D eigenvalue weighted by molar-refractivity contribution is 7.89. The maximum absolute atomic E-state index is 12.5. The Hall–Kier alpha value is -1.21. The van der Waals surface area contributed by atoms with Crippen molar-refractivity contribution < 1.29 is 8.42 Å². The lowest BCUT2D eigenvalue weighted by atomic mass is 10.1. The first kappa shape index (κ1) is 16.2. The molecule has 0 aliphatic heterocycles. The second kappa shape index (κ2) is 6.70. The number of sulfonamides is 1. The van der Waals surface area contributed by atoms with Gasteiger partial charge in [0.1, 0.15) is 0 Å². The summed E-state index contributed by atoms with van der Waals surface area (Å²) < 4.78 is 26.3. The Balaban J connectivity index is 2.09. The molecule has 1 heterocycles. The first-order valence-corrected chi connectivity index (χ1v) is 9.07. The van der Waals surface area contributed by atoms with Crippen molar-refractivity contribution in [3.8, 4) is 0 Å². The predicted molar refractivity (Wildman–Crippen MR) is 86.9 cm³/mol. The van der Waals surface area contributed by atoms with E-state index in [1.807, 2.05) is 24.4 Å². The molecule has 0 saturated heterocycles. The third kappa shape index (κ3) is 3.91. The average molecular weight is 324 g/mol. The SMILES string of the molecule is CC(N)c1ccc(S(=O)(=O)N(C)CCc2cccs2)cc1. The van der Waals surface area contributed by atoms with Crippen molar-refractivity contribution in [2.45, 2.75) is 24.3 Å². The van der Waals surface area contributed by atoms with E-state index in [1.165, 1.54) is 9.18 Å². The van der Waals surface area contributed by atoms with Crippen LogP contribution in [-0.4, -0.2) is 26.3 Å². The van der Waals surface area contributed by atoms with Crippen molar-refractivity contribution in [3.05, 3.63) is 52.2 Å². The van der Waals surface area contributed by atoms with E-state index in [1.54, 1.807) is 42.6 Å². The molecule has 1 aromatic carbocycles. The molecule has 0 bridgehead atoms. The summed E-state index contributed by atoms with van der Waals surface area (Å²) in [7, 11) is -1.82. The number of rotatable bonds is 6.